The van der Waals surface area contributed by atoms with Crippen LogP contribution in [-0.2, 0) is 14.3 Å². The lowest BCUT2D eigenvalue weighted by Crippen LogP contribution is -2.49. The molecule has 1 aromatic heterocycles. The normalized spacial score (nSPS) is 25.7. The van der Waals surface area contributed by atoms with E-state index in [-0.39, 0.29) is 24.8 Å². The predicted octanol–water partition coefficient (Wildman–Crippen LogP) is -0.255. The molecular weight excluding hydrogens is 338 g/mol. The summed E-state index contributed by atoms with van der Waals surface area (Å²) in [5, 5.41) is 12.4. The van der Waals surface area contributed by atoms with Gasteiger partial charge in [0, 0.05) is 19.3 Å². The fraction of sp³-hybridized carbons (Fsp3) is 0.500. The minimum Gasteiger partial charge on any atom is -0.394 e. The number of ether oxygens (including phenoxy) is 2. The number of amides is 2. The first-order valence-electron chi connectivity index (χ1n) is 8.69. The third-order valence-corrected chi connectivity index (χ3v) is 4.40. The number of nitrogens with zero attached hydrogens (tertiary/aromatic N) is 2. The molecule has 1 aromatic rings. The van der Waals surface area contributed by atoms with Crippen LogP contribution in [0.15, 0.2) is 36.5 Å². The van der Waals surface area contributed by atoms with Crippen LogP contribution in [0.5, 0.6) is 0 Å². The van der Waals surface area contributed by atoms with Crippen molar-refractivity contribution in [2.45, 2.75) is 24.7 Å². The van der Waals surface area contributed by atoms with Crippen LogP contribution in [-0.4, -0.2) is 78.0 Å². The molecule has 0 unspecified atom stereocenters. The van der Waals surface area contributed by atoms with Gasteiger partial charge in [0.15, 0.2) is 0 Å². The van der Waals surface area contributed by atoms with Crippen molar-refractivity contribution in [1.82, 2.24) is 15.2 Å². The molecule has 3 atom stereocenters. The zero-order valence-electron chi connectivity index (χ0n) is 14.4. The molecule has 0 radical (unpaired) electrons. The van der Waals surface area contributed by atoms with Gasteiger partial charge in [0.1, 0.15) is 11.8 Å². The first kappa shape index (κ1) is 18.5. The van der Waals surface area contributed by atoms with Gasteiger partial charge in [-0.15, -0.1) is 0 Å². The van der Waals surface area contributed by atoms with Crippen molar-refractivity contribution in [2.24, 2.45) is 0 Å². The summed E-state index contributed by atoms with van der Waals surface area (Å²) in [5.41, 5.74) is 0.294. The van der Waals surface area contributed by atoms with Crippen molar-refractivity contribution in [3.05, 3.63) is 42.2 Å². The van der Waals surface area contributed by atoms with Crippen molar-refractivity contribution in [2.75, 3.05) is 32.9 Å². The van der Waals surface area contributed by atoms with Gasteiger partial charge >= 0.3 is 0 Å². The molecule has 1 fully saturated rings. The van der Waals surface area contributed by atoms with Gasteiger partial charge in [0.2, 0.25) is 5.91 Å². The molecule has 140 valence electrons. The molecule has 2 aliphatic rings. The summed E-state index contributed by atoms with van der Waals surface area (Å²) in [4.78, 5) is 30.3. The molecule has 3 heterocycles. The highest BCUT2D eigenvalue weighted by atomic mass is 16.5. The second-order valence-electron chi connectivity index (χ2n) is 6.19. The number of carbonyl (C=O) groups excluding carboxylic acids is 2. The van der Waals surface area contributed by atoms with E-state index in [2.05, 4.69) is 10.3 Å². The Kier molecular flexibility index (Phi) is 6.32. The molecule has 0 spiro atoms. The predicted molar refractivity (Wildman–Crippen MR) is 92.4 cm³/mol. The van der Waals surface area contributed by atoms with Gasteiger partial charge in [-0.05, 0) is 12.1 Å². The quantitative estimate of drug-likeness (QED) is 0.701. The van der Waals surface area contributed by atoms with E-state index < -0.39 is 18.2 Å². The monoisotopic (exact) mass is 361 g/mol. The maximum Gasteiger partial charge on any atom is 0.270 e. The van der Waals surface area contributed by atoms with Crippen molar-refractivity contribution in [3.63, 3.8) is 0 Å². The van der Waals surface area contributed by atoms with Gasteiger partial charge in [-0.2, -0.15) is 0 Å². The van der Waals surface area contributed by atoms with Crippen molar-refractivity contribution >= 4 is 11.8 Å². The first-order chi connectivity index (χ1) is 12.7. The molecular formula is C18H23N3O5. The molecule has 26 heavy (non-hydrogen) atoms. The fourth-order valence-electron chi connectivity index (χ4n) is 2.97. The van der Waals surface area contributed by atoms with Crippen molar-refractivity contribution in [3.8, 4) is 0 Å². The molecule has 0 bridgehead atoms. The average Bonchev–Trinajstić information content (AvgIpc) is 2.70. The van der Waals surface area contributed by atoms with Crippen LogP contribution in [0.1, 0.15) is 16.9 Å². The largest absolute Gasteiger partial charge is 0.394 e. The summed E-state index contributed by atoms with van der Waals surface area (Å²) in [6, 6.07) is 4.59. The molecule has 3 rings (SSSR count). The summed E-state index contributed by atoms with van der Waals surface area (Å²) >= 11 is 0. The Morgan fingerprint density at radius 3 is 2.77 bits per heavy atom. The zero-order valence-corrected chi connectivity index (χ0v) is 14.4. The highest BCUT2D eigenvalue weighted by molar-refractivity contribution is 5.92. The van der Waals surface area contributed by atoms with E-state index in [0.717, 1.165) is 0 Å². The summed E-state index contributed by atoms with van der Waals surface area (Å²) in [7, 11) is 0. The van der Waals surface area contributed by atoms with Crippen LogP contribution in [0.25, 0.3) is 0 Å². The number of rotatable bonds is 5. The van der Waals surface area contributed by atoms with E-state index in [1.807, 2.05) is 0 Å². The Bertz CT molecular complexity index is 645. The number of morpholine rings is 1. The lowest BCUT2D eigenvalue weighted by atomic mass is 10.0. The van der Waals surface area contributed by atoms with Gasteiger partial charge in [0.25, 0.3) is 5.91 Å². The lowest BCUT2D eigenvalue weighted by molar-refractivity contribution is -0.139. The molecule has 0 aromatic carbocycles. The van der Waals surface area contributed by atoms with Crippen molar-refractivity contribution in [1.29, 1.82) is 0 Å². The lowest BCUT2D eigenvalue weighted by Gasteiger charge is -2.33. The molecule has 8 nitrogen and oxygen atoms in total. The molecule has 0 aliphatic carbocycles. The second kappa shape index (κ2) is 8.88. The summed E-state index contributed by atoms with van der Waals surface area (Å²) in [6.07, 6.45) is 4.23. The Balaban J connectivity index is 1.57. The van der Waals surface area contributed by atoms with Gasteiger partial charge in [-0.3, -0.25) is 14.6 Å². The molecule has 2 amide bonds. The number of hydrogen-bond donors (Lipinski definition) is 2. The highest BCUT2D eigenvalue weighted by Gasteiger charge is 2.30. The number of aromatic nitrogens is 1. The van der Waals surface area contributed by atoms with E-state index >= 15 is 0 Å². The standard InChI is InChI=1S/C18H23N3O5/c22-12-16-14(20-18(24)15-3-1-2-6-19-15)5-4-13(26-16)11-17(23)21-7-9-25-10-8-21/h1-6,13-14,16,22H,7-12H2,(H,20,24)/t13-,14-,16-/m0/s1. The van der Waals surface area contributed by atoms with Crippen LogP contribution >= 0.6 is 0 Å². The molecule has 1 saturated heterocycles. The van der Waals surface area contributed by atoms with Gasteiger partial charge in [-0.25, -0.2) is 0 Å². The third kappa shape index (κ3) is 4.66. The Morgan fingerprint density at radius 1 is 1.27 bits per heavy atom. The minimum absolute atomic E-state index is 0.00406. The number of aliphatic hydroxyl groups excluding tert-OH is 1. The number of carbonyl (C=O) groups is 2. The smallest absolute Gasteiger partial charge is 0.270 e. The maximum absolute atomic E-state index is 12.3. The Hall–Kier alpha value is -2.29. The van der Waals surface area contributed by atoms with E-state index in [4.69, 9.17) is 9.47 Å². The van der Waals surface area contributed by atoms with E-state index in [0.29, 0.717) is 32.0 Å². The molecule has 0 saturated carbocycles. The summed E-state index contributed by atoms with van der Waals surface area (Å²) in [6.45, 7) is 2.00. The van der Waals surface area contributed by atoms with Gasteiger partial charge in [0.05, 0.1) is 38.4 Å². The van der Waals surface area contributed by atoms with Gasteiger partial charge in [-0.1, -0.05) is 18.2 Å². The summed E-state index contributed by atoms with van der Waals surface area (Å²) < 4.78 is 11.0. The maximum atomic E-state index is 12.3. The first-order valence-corrected chi connectivity index (χ1v) is 8.69. The van der Waals surface area contributed by atoms with Crippen LogP contribution in [0.3, 0.4) is 0 Å². The van der Waals surface area contributed by atoms with E-state index in [1.54, 1.807) is 41.4 Å². The fourth-order valence-corrected chi connectivity index (χ4v) is 2.97. The van der Waals surface area contributed by atoms with Crippen LogP contribution in [0.2, 0.25) is 0 Å². The molecule has 2 N–H and O–H groups in total. The molecule has 8 heteroatoms. The second-order valence-corrected chi connectivity index (χ2v) is 6.19. The number of aliphatic hydroxyl groups is 1. The third-order valence-electron chi connectivity index (χ3n) is 4.40. The number of nitrogens with one attached hydrogen (secondary N) is 1. The molecule has 2 aliphatic heterocycles. The number of pyridine rings is 1. The zero-order chi connectivity index (χ0) is 18.4. The highest BCUT2D eigenvalue weighted by Crippen LogP contribution is 2.17. The van der Waals surface area contributed by atoms with Crippen molar-refractivity contribution < 1.29 is 24.2 Å². The Morgan fingerprint density at radius 2 is 2.08 bits per heavy atom. The van der Waals surface area contributed by atoms with Crippen LogP contribution in [0, 0.1) is 0 Å². The van der Waals surface area contributed by atoms with Crippen LogP contribution < -0.4 is 5.32 Å². The van der Waals surface area contributed by atoms with Crippen LogP contribution in [0.4, 0.5) is 0 Å². The summed E-state index contributed by atoms with van der Waals surface area (Å²) in [5.74, 6) is -0.347. The van der Waals surface area contributed by atoms with Gasteiger partial charge < -0.3 is 24.8 Å². The number of hydrogen-bond acceptors (Lipinski definition) is 6. The van der Waals surface area contributed by atoms with E-state index in [9.17, 15) is 14.7 Å². The minimum atomic E-state index is -0.616. The Labute approximate surface area is 151 Å². The topological polar surface area (TPSA) is 101 Å². The SMILES string of the molecule is O=C(N[C@H]1C=C[C@@H](CC(=O)N2CCOCC2)O[C@H]1CO)c1ccccn1. The average molecular weight is 361 g/mol. The van der Waals surface area contributed by atoms with E-state index in [1.165, 1.54) is 0 Å².